The van der Waals surface area contributed by atoms with Crippen LogP contribution in [0.4, 0.5) is 5.69 Å². The highest BCUT2D eigenvalue weighted by atomic mass is 35.5. The molecule has 5 heteroatoms. The van der Waals surface area contributed by atoms with E-state index in [2.05, 4.69) is 4.99 Å². The molecule has 3 rings (SSSR count). The third-order valence-electron chi connectivity index (χ3n) is 3.31. The Morgan fingerprint density at radius 2 is 1.57 bits per heavy atom. The van der Waals surface area contributed by atoms with Crippen LogP contribution in [0.2, 0.25) is 10.0 Å². The molecular weight excluding hydrogens is 333 g/mol. The maximum absolute atomic E-state index is 11.1. The van der Waals surface area contributed by atoms with Crippen LogP contribution in [0.3, 0.4) is 0 Å². The Labute approximate surface area is 143 Å². The lowest BCUT2D eigenvalue weighted by atomic mass is 10.0. The second-order valence-corrected chi connectivity index (χ2v) is 5.72. The first-order valence-corrected chi connectivity index (χ1v) is 7.56. The number of hydrogen-bond donors (Lipinski definition) is 1. The van der Waals surface area contributed by atoms with Gasteiger partial charge in [0.15, 0.2) is 5.78 Å². The van der Waals surface area contributed by atoms with Gasteiger partial charge in [-0.15, -0.1) is 0 Å². The van der Waals surface area contributed by atoms with Gasteiger partial charge in [-0.05, 0) is 54.6 Å². The summed E-state index contributed by atoms with van der Waals surface area (Å²) < 4.78 is 0. The van der Waals surface area contributed by atoms with Crippen molar-refractivity contribution in [1.82, 2.24) is 0 Å². The number of phenols is 1. The van der Waals surface area contributed by atoms with Gasteiger partial charge in [-0.25, -0.2) is 4.99 Å². The maximum atomic E-state index is 11.1. The fourth-order valence-corrected chi connectivity index (χ4v) is 2.82. The first-order chi connectivity index (χ1) is 11.0. The topological polar surface area (TPSA) is 49.7 Å². The number of aliphatic imine (C=N–C) groups is 1. The minimum Gasteiger partial charge on any atom is -0.507 e. The zero-order valence-corrected chi connectivity index (χ0v) is 13.3. The Hall–Kier alpha value is -2.36. The third kappa shape index (κ3) is 3.36. The first-order valence-electron chi connectivity index (χ1n) is 6.81. The summed E-state index contributed by atoms with van der Waals surface area (Å²) >= 11 is 12.4. The number of rotatable bonds is 2. The van der Waals surface area contributed by atoms with E-state index in [1.54, 1.807) is 42.5 Å². The maximum Gasteiger partial charge on any atom is 0.178 e. The molecule has 0 amide bonds. The molecule has 114 valence electrons. The Balaban J connectivity index is 2.07. The molecule has 0 saturated heterocycles. The standard InChI is InChI=1S/C18H11Cl2NO2/c19-15-2-1-3-16(20)18(15)14-10-12(6-9-17(14)23)21-11-4-7-13(22)8-5-11/h1-10,23H. The fourth-order valence-electron chi connectivity index (χ4n) is 2.22. The lowest BCUT2D eigenvalue weighted by Crippen LogP contribution is -1.98. The van der Waals surface area contributed by atoms with E-state index in [0.717, 1.165) is 0 Å². The Morgan fingerprint density at radius 1 is 0.913 bits per heavy atom. The fraction of sp³-hybridized carbons (Fsp3) is 0. The van der Waals surface area contributed by atoms with E-state index in [1.807, 2.05) is 0 Å². The molecule has 0 spiro atoms. The van der Waals surface area contributed by atoms with Crippen LogP contribution in [-0.2, 0) is 4.79 Å². The molecular formula is C18H11Cl2NO2. The summed E-state index contributed by atoms with van der Waals surface area (Å²) in [5, 5.41) is 11.0. The number of aromatic hydroxyl groups is 1. The number of halogens is 2. The lowest BCUT2D eigenvalue weighted by Gasteiger charge is -2.10. The van der Waals surface area contributed by atoms with E-state index in [0.29, 0.717) is 32.6 Å². The average Bonchev–Trinajstić information content (AvgIpc) is 2.52. The SMILES string of the molecule is O=C1C=CC(=Nc2ccc(O)c(-c3c(Cl)cccc3Cl)c2)C=C1. The van der Waals surface area contributed by atoms with Crippen molar-refractivity contribution in [2.45, 2.75) is 0 Å². The normalized spacial score (nSPS) is 13.5. The van der Waals surface area contributed by atoms with Gasteiger partial charge in [-0.3, -0.25) is 4.79 Å². The largest absolute Gasteiger partial charge is 0.507 e. The summed E-state index contributed by atoms with van der Waals surface area (Å²) in [6.45, 7) is 0. The van der Waals surface area contributed by atoms with E-state index in [-0.39, 0.29) is 11.5 Å². The van der Waals surface area contributed by atoms with Crippen molar-refractivity contribution in [2.24, 2.45) is 4.99 Å². The third-order valence-corrected chi connectivity index (χ3v) is 3.94. The minimum absolute atomic E-state index is 0.0638. The summed E-state index contributed by atoms with van der Waals surface area (Å²) in [6, 6.07) is 10.1. The van der Waals surface area contributed by atoms with E-state index >= 15 is 0 Å². The number of phenolic OH excluding ortho intramolecular Hbond substituents is 1. The highest BCUT2D eigenvalue weighted by Crippen LogP contribution is 2.40. The van der Waals surface area contributed by atoms with Gasteiger partial charge >= 0.3 is 0 Å². The van der Waals surface area contributed by atoms with Crippen LogP contribution in [0, 0.1) is 0 Å². The van der Waals surface area contributed by atoms with Crippen LogP contribution < -0.4 is 0 Å². The van der Waals surface area contributed by atoms with Crippen molar-refractivity contribution in [1.29, 1.82) is 0 Å². The molecule has 0 aliphatic heterocycles. The van der Waals surface area contributed by atoms with Crippen LogP contribution in [-0.4, -0.2) is 16.6 Å². The van der Waals surface area contributed by atoms with E-state index in [9.17, 15) is 9.90 Å². The molecule has 1 aliphatic carbocycles. The van der Waals surface area contributed by atoms with Crippen LogP contribution in [0.15, 0.2) is 65.7 Å². The van der Waals surface area contributed by atoms with E-state index in [1.165, 1.54) is 18.2 Å². The summed E-state index contributed by atoms with van der Waals surface area (Å²) in [5.41, 5.74) is 2.32. The molecule has 0 saturated carbocycles. The van der Waals surface area contributed by atoms with E-state index < -0.39 is 0 Å². The van der Waals surface area contributed by atoms with Crippen molar-refractivity contribution in [3.05, 3.63) is 70.7 Å². The highest BCUT2D eigenvalue weighted by molar-refractivity contribution is 6.39. The molecule has 23 heavy (non-hydrogen) atoms. The number of carbonyl (C=O) groups excluding carboxylic acids is 1. The molecule has 1 N–H and O–H groups in total. The molecule has 0 heterocycles. The van der Waals surface area contributed by atoms with Crippen LogP contribution >= 0.6 is 23.2 Å². The predicted octanol–water partition coefficient (Wildman–Crippen LogP) is 5.13. The van der Waals surface area contributed by atoms with Gasteiger partial charge in [0, 0.05) is 11.1 Å². The Kier molecular flexibility index (Phi) is 4.33. The van der Waals surface area contributed by atoms with Crippen molar-refractivity contribution in [3.63, 3.8) is 0 Å². The Bertz CT molecular complexity index is 844. The van der Waals surface area contributed by atoms with Crippen LogP contribution in [0.25, 0.3) is 11.1 Å². The number of benzene rings is 2. The molecule has 0 bridgehead atoms. The second-order valence-electron chi connectivity index (χ2n) is 4.90. The van der Waals surface area contributed by atoms with E-state index in [4.69, 9.17) is 23.2 Å². The van der Waals surface area contributed by atoms with Gasteiger partial charge in [-0.1, -0.05) is 29.3 Å². The van der Waals surface area contributed by atoms with Gasteiger partial charge in [0.05, 0.1) is 21.4 Å². The number of ketones is 1. The van der Waals surface area contributed by atoms with Crippen molar-refractivity contribution in [3.8, 4) is 16.9 Å². The molecule has 3 nitrogen and oxygen atoms in total. The predicted molar refractivity (Wildman–Crippen MR) is 93.9 cm³/mol. The minimum atomic E-state index is -0.0711. The van der Waals surface area contributed by atoms with Gasteiger partial charge in [-0.2, -0.15) is 0 Å². The lowest BCUT2D eigenvalue weighted by molar-refractivity contribution is -0.110. The Morgan fingerprint density at radius 3 is 2.22 bits per heavy atom. The summed E-state index contributed by atoms with van der Waals surface area (Å²) in [6.07, 6.45) is 6.17. The van der Waals surface area contributed by atoms with Crippen molar-refractivity contribution in [2.75, 3.05) is 0 Å². The van der Waals surface area contributed by atoms with Crippen LogP contribution in [0.5, 0.6) is 5.75 Å². The smallest absolute Gasteiger partial charge is 0.178 e. The van der Waals surface area contributed by atoms with Crippen LogP contribution in [0.1, 0.15) is 0 Å². The second kappa shape index (κ2) is 6.41. The van der Waals surface area contributed by atoms with Crippen molar-refractivity contribution < 1.29 is 9.90 Å². The average molecular weight is 344 g/mol. The zero-order valence-electron chi connectivity index (χ0n) is 11.8. The van der Waals surface area contributed by atoms with Gasteiger partial charge in [0.25, 0.3) is 0 Å². The first kappa shape index (κ1) is 15.5. The zero-order chi connectivity index (χ0) is 16.4. The molecule has 0 fully saturated rings. The molecule has 1 aliphatic rings. The van der Waals surface area contributed by atoms with Gasteiger partial charge in [0.1, 0.15) is 5.75 Å². The number of nitrogens with zero attached hydrogens (tertiary/aromatic N) is 1. The highest BCUT2D eigenvalue weighted by Gasteiger charge is 2.13. The molecule has 0 radical (unpaired) electrons. The van der Waals surface area contributed by atoms with Crippen molar-refractivity contribution >= 4 is 40.4 Å². The quantitative estimate of drug-likeness (QED) is 0.768. The molecule has 2 aromatic carbocycles. The van der Waals surface area contributed by atoms with Gasteiger partial charge in [0.2, 0.25) is 0 Å². The number of carbonyl (C=O) groups is 1. The molecule has 0 unspecified atom stereocenters. The number of allylic oxidation sites excluding steroid dienone is 4. The summed E-state index contributed by atoms with van der Waals surface area (Å²) in [4.78, 5) is 15.6. The monoisotopic (exact) mass is 343 g/mol. The van der Waals surface area contributed by atoms with Gasteiger partial charge < -0.3 is 5.11 Å². The number of hydrogen-bond acceptors (Lipinski definition) is 3. The summed E-state index contributed by atoms with van der Waals surface area (Å²) in [5.74, 6) is -0.00736. The molecule has 0 atom stereocenters. The summed E-state index contributed by atoms with van der Waals surface area (Å²) in [7, 11) is 0. The molecule has 0 aromatic heterocycles. The molecule has 2 aromatic rings.